The van der Waals surface area contributed by atoms with Crippen molar-refractivity contribution in [2.45, 2.75) is 6.92 Å². The number of hydrogen-bond donors (Lipinski definition) is 0. The second kappa shape index (κ2) is 2.40. The van der Waals surface area contributed by atoms with Crippen molar-refractivity contribution in [3.8, 4) is 0 Å². The zero-order chi connectivity index (χ0) is 5.98. The van der Waals surface area contributed by atoms with Gasteiger partial charge in [-0.2, -0.15) is 0 Å². The smallest absolute Gasteiger partial charge is 0.289 e. The van der Waals surface area contributed by atoms with E-state index in [1.807, 2.05) is 6.92 Å². The van der Waals surface area contributed by atoms with Gasteiger partial charge in [0.15, 0.2) is 0 Å². The molecule has 0 bridgehead atoms. The van der Waals surface area contributed by atoms with Crippen LogP contribution in [0.4, 0.5) is 0 Å². The summed E-state index contributed by atoms with van der Waals surface area (Å²) in [7, 11) is 0. The third-order valence-electron chi connectivity index (χ3n) is 0.831. The lowest BCUT2D eigenvalue weighted by atomic mass is 10.7. The van der Waals surface area contributed by atoms with Crippen LogP contribution in [0.2, 0.25) is 0 Å². The predicted molar refractivity (Wildman–Crippen MR) is 33.5 cm³/mol. The van der Waals surface area contributed by atoms with E-state index in [1.165, 1.54) is 0 Å². The number of allylic oxidation sites excluding steroid dienone is 1. The van der Waals surface area contributed by atoms with Gasteiger partial charge in [-0.1, -0.05) is 0 Å². The molecule has 1 aliphatic heterocycles. The summed E-state index contributed by atoms with van der Waals surface area (Å²) in [6.07, 6.45) is 0. The van der Waals surface area contributed by atoms with Gasteiger partial charge in [-0.3, -0.25) is 0 Å². The minimum atomic E-state index is 0.630. The largest absolute Gasteiger partial charge is 0.461 e. The van der Waals surface area contributed by atoms with Crippen LogP contribution in [0, 0.1) is 0 Å². The van der Waals surface area contributed by atoms with Crippen molar-refractivity contribution in [1.82, 2.24) is 0 Å². The Morgan fingerprint density at radius 2 is 2.00 bits per heavy atom. The third-order valence-corrected chi connectivity index (χ3v) is 1.15. The average molecular weight is 179 g/mol. The zero-order valence-corrected chi connectivity index (χ0v) is 6.19. The van der Waals surface area contributed by atoms with E-state index >= 15 is 0 Å². The van der Waals surface area contributed by atoms with Gasteiger partial charge in [-0.05, 0) is 22.9 Å². The van der Waals surface area contributed by atoms with Crippen LogP contribution in [0.5, 0.6) is 0 Å². The van der Waals surface area contributed by atoms with Gasteiger partial charge in [0, 0.05) is 0 Å². The van der Waals surface area contributed by atoms with Crippen LogP contribution < -0.4 is 0 Å². The van der Waals surface area contributed by atoms with E-state index in [2.05, 4.69) is 15.9 Å². The lowest BCUT2D eigenvalue weighted by molar-refractivity contribution is 0.174. The van der Waals surface area contributed by atoms with Crippen molar-refractivity contribution >= 4 is 15.9 Å². The Balaban J connectivity index is 2.58. The molecular weight excluding hydrogens is 172 g/mol. The molecule has 2 nitrogen and oxygen atoms in total. The molecule has 0 aromatic heterocycles. The summed E-state index contributed by atoms with van der Waals surface area (Å²) in [6.45, 7) is 3.25. The van der Waals surface area contributed by atoms with Crippen LogP contribution in [-0.4, -0.2) is 13.2 Å². The van der Waals surface area contributed by atoms with E-state index < -0.39 is 0 Å². The molecule has 1 aliphatic rings. The first-order chi connectivity index (χ1) is 3.80. The van der Waals surface area contributed by atoms with Crippen molar-refractivity contribution in [2.75, 3.05) is 13.2 Å². The van der Waals surface area contributed by atoms with Gasteiger partial charge >= 0.3 is 0 Å². The molecule has 1 heterocycles. The van der Waals surface area contributed by atoms with Gasteiger partial charge in [0.2, 0.25) is 0 Å². The first-order valence-electron chi connectivity index (χ1n) is 2.42. The van der Waals surface area contributed by atoms with Crippen molar-refractivity contribution < 1.29 is 9.47 Å². The lowest BCUT2D eigenvalue weighted by Crippen LogP contribution is -1.80. The highest BCUT2D eigenvalue weighted by Crippen LogP contribution is 2.16. The Hall–Kier alpha value is -0.180. The van der Waals surface area contributed by atoms with Gasteiger partial charge in [-0.25, -0.2) is 0 Å². The average Bonchev–Trinajstić information content (AvgIpc) is 2.12. The first kappa shape index (κ1) is 5.95. The molecule has 0 aromatic rings. The fourth-order valence-corrected chi connectivity index (χ4v) is 0.738. The van der Waals surface area contributed by atoms with Gasteiger partial charge in [0.25, 0.3) is 5.95 Å². The molecule has 8 heavy (non-hydrogen) atoms. The minimum absolute atomic E-state index is 0.630. The molecule has 1 fully saturated rings. The molecule has 0 N–H and O–H groups in total. The van der Waals surface area contributed by atoms with Gasteiger partial charge in [0.05, 0.1) is 4.48 Å². The molecule has 0 atom stereocenters. The van der Waals surface area contributed by atoms with Crippen molar-refractivity contribution in [3.05, 3.63) is 10.4 Å². The summed E-state index contributed by atoms with van der Waals surface area (Å²) in [5, 5.41) is 0. The highest BCUT2D eigenvalue weighted by atomic mass is 79.9. The molecule has 0 unspecified atom stereocenters. The number of ether oxygens (including phenoxy) is 2. The van der Waals surface area contributed by atoms with Crippen molar-refractivity contribution in [3.63, 3.8) is 0 Å². The Labute approximate surface area is 56.6 Å². The zero-order valence-electron chi connectivity index (χ0n) is 4.61. The molecule has 0 amide bonds. The molecule has 46 valence electrons. The van der Waals surface area contributed by atoms with Gasteiger partial charge in [0.1, 0.15) is 13.2 Å². The second-order valence-corrected chi connectivity index (χ2v) is 2.71. The van der Waals surface area contributed by atoms with Crippen LogP contribution in [-0.2, 0) is 9.47 Å². The maximum atomic E-state index is 5.02. The Kier molecular flexibility index (Phi) is 1.78. The quantitative estimate of drug-likeness (QED) is 0.562. The van der Waals surface area contributed by atoms with E-state index in [0.29, 0.717) is 19.2 Å². The van der Waals surface area contributed by atoms with Gasteiger partial charge in [-0.15, -0.1) is 0 Å². The maximum absolute atomic E-state index is 5.02. The number of halogens is 1. The normalized spacial score (nSPS) is 17.5. The summed E-state index contributed by atoms with van der Waals surface area (Å²) in [6, 6.07) is 0. The standard InChI is InChI=1S/C5H7BrO2/c1-4(6)5-7-2-3-8-5/h2-3H2,1H3. The first-order valence-corrected chi connectivity index (χ1v) is 3.22. The summed E-state index contributed by atoms with van der Waals surface area (Å²) in [5.41, 5.74) is 0. The topological polar surface area (TPSA) is 18.5 Å². The fraction of sp³-hybridized carbons (Fsp3) is 0.600. The molecule has 0 aromatic carbocycles. The third kappa shape index (κ3) is 1.15. The molecule has 1 saturated heterocycles. The minimum Gasteiger partial charge on any atom is -0.461 e. The van der Waals surface area contributed by atoms with Crippen LogP contribution in [0.1, 0.15) is 6.92 Å². The lowest BCUT2D eigenvalue weighted by Gasteiger charge is -1.95. The van der Waals surface area contributed by atoms with Crippen LogP contribution in [0.25, 0.3) is 0 Å². The monoisotopic (exact) mass is 178 g/mol. The summed E-state index contributed by atoms with van der Waals surface area (Å²) in [5.74, 6) is 0.630. The SMILES string of the molecule is CC(Br)=C1OCCO1. The van der Waals surface area contributed by atoms with E-state index in [9.17, 15) is 0 Å². The maximum Gasteiger partial charge on any atom is 0.289 e. The van der Waals surface area contributed by atoms with Crippen molar-refractivity contribution in [2.24, 2.45) is 0 Å². The molecule has 0 aliphatic carbocycles. The molecule has 3 heteroatoms. The number of rotatable bonds is 0. The molecular formula is C5H7BrO2. The van der Waals surface area contributed by atoms with Gasteiger partial charge < -0.3 is 9.47 Å². The van der Waals surface area contributed by atoms with E-state index in [0.717, 1.165) is 4.48 Å². The second-order valence-electron chi connectivity index (χ2n) is 1.52. The highest BCUT2D eigenvalue weighted by Gasteiger charge is 2.09. The highest BCUT2D eigenvalue weighted by molar-refractivity contribution is 9.11. The Bertz CT molecular complexity index is 108. The van der Waals surface area contributed by atoms with Crippen LogP contribution in [0.15, 0.2) is 10.4 Å². The molecule has 0 spiro atoms. The number of hydrogen-bond acceptors (Lipinski definition) is 2. The fourth-order valence-electron chi connectivity index (χ4n) is 0.509. The van der Waals surface area contributed by atoms with E-state index in [4.69, 9.17) is 9.47 Å². The summed E-state index contributed by atoms with van der Waals surface area (Å²) in [4.78, 5) is 0. The summed E-state index contributed by atoms with van der Waals surface area (Å²) >= 11 is 3.23. The molecule has 1 rings (SSSR count). The van der Waals surface area contributed by atoms with Crippen LogP contribution in [0.3, 0.4) is 0 Å². The predicted octanol–water partition coefficient (Wildman–Crippen LogP) is 1.62. The van der Waals surface area contributed by atoms with Crippen molar-refractivity contribution in [1.29, 1.82) is 0 Å². The Morgan fingerprint density at radius 3 is 2.25 bits per heavy atom. The molecule has 0 radical (unpaired) electrons. The van der Waals surface area contributed by atoms with E-state index in [-0.39, 0.29) is 0 Å². The molecule has 0 saturated carbocycles. The summed E-state index contributed by atoms with van der Waals surface area (Å²) < 4.78 is 11.0. The van der Waals surface area contributed by atoms with E-state index in [1.54, 1.807) is 0 Å². The Morgan fingerprint density at radius 1 is 1.50 bits per heavy atom. The van der Waals surface area contributed by atoms with Crippen LogP contribution >= 0.6 is 15.9 Å².